The molecule has 2 rings (SSSR count). The smallest absolute Gasteiger partial charge is 0.191 e. The van der Waals surface area contributed by atoms with Gasteiger partial charge < -0.3 is 10.6 Å². The van der Waals surface area contributed by atoms with Crippen LogP contribution in [0.5, 0.6) is 0 Å². The summed E-state index contributed by atoms with van der Waals surface area (Å²) in [6, 6.07) is 6.99. The summed E-state index contributed by atoms with van der Waals surface area (Å²) >= 11 is 0. The van der Waals surface area contributed by atoms with Gasteiger partial charge in [0.1, 0.15) is 5.82 Å². The summed E-state index contributed by atoms with van der Waals surface area (Å²) in [5, 5.41) is 15.2. The second-order valence-corrected chi connectivity index (χ2v) is 6.91. The lowest BCUT2D eigenvalue weighted by Crippen LogP contribution is -2.41. The van der Waals surface area contributed by atoms with Crippen LogP contribution in [0.15, 0.2) is 29.4 Å². The van der Waals surface area contributed by atoms with E-state index in [1.165, 1.54) is 0 Å². The van der Waals surface area contributed by atoms with Crippen molar-refractivity contribution < 1.29 is 0 Å². The monoisotopic (exact) mass is 359 g/mol. The Morgan fingerprint density at radius 2 is 1.92 bits per heavy atom. The molecule has 0 aliphatic carbocycles. The number of aliphatic imine (C=N–C) groups is 1. The number of fused-ring (bicyclic) bond motifs is 1. The lowest BCUT2D eigenvalue weighted by molar-refractivity contribution is 0.181. The Balaban J connectivity index is 1.87. The van der Waals surface area contributed by atoms with Crippen molar-refractivity contribution in [2.75, 3.05) is 26.2 Å². The summed E-state index contributed by atoms with van der Waals surface area (Å²) in [6.45, 7) is 14.4. The highest BCUT2D eigenvalue weighted by molar-refractivity contribution is 5.79. The Morgan fingerprint density at radius 1 is 1.15 bits per heavy atom. The average Bonchev–Trinajstić information content (AvgIpc) is 3.01. The number of hydrogen-bond donors (Lipinski definition) is 2. The second kappa shape index (κ2) is 10.1. The maximum absolute atomic E-state index is 4.71. The zero-order valence-electron chi connectivity index (χ0n) is 16.7. The van der Waals surface area contributed by atoms with Gasteiger partial charge in [-0.2, -0.15) is 0 Å². The van der Waals surface area contributed by atoms with Gasteiger partial charge in [-0.3, -0.25) is 14.3 Å². The van der Waals surface area contributed by atoms with Gasteiger partial charge in [0.05, 0.1) is 6.54 Å². The van der Waals surface area contributed by atoms with Gasteiger partial charge in [-0.15, -0.1) is 10.2 Å². The number of pyridine rings is 1. The van der Waals surface area contributed by atoms with Gasteiger partial charge in [-0.1, -0.05) is 6.07 Å². The molecule has 26 heavy (non-hydrogen) atoms. The van der Waals surface area contributed by atoms with Crippen LogP contribution < -0.4 is 10.6 Å². The molecule has 2 heterocycles. The van der Waals surface area contributed by atoms with Gasteiger partial charge in [0.15, 0.2) is 11.6 Å². The summed E-state index contributed by atoms with van der Waals surface area (Å²) in [5.41, 5.74) is 0.880. The lowest BCUT2D eigenvalue weighted by Gasteiger charge is -2.29. The zero-order chi connectivity index (χ0) is 18.9. The predicted molar refractivity (Wildman–Crippen MR) is 108 cm³/mol. The Labute approximate surface area is 156 Å². The van der Waals surface area contributed by atoms with Crippen LogP contribution in [0.1, 0.15) is 40.4 Å². The quantitative estimate of drug-likeness (QED) is 0.529. The van der Waals surface area contributed by atoms with Crippen molar-refractivity contribution in [1.82, 2.24) is 30.1 Å². The van der Waals surface area contributed by atoms with Crippen LogP contribution >= 0.6 is 0 Å². The highest BCUT2D eigenvalue weighted by Gasteiger charge is 2.12. The fourth-order valence-electron chi connectivity index (χ4n) is 3.09. The van der Waals surface area contributed by atoms with Crippen molar-refractivity contribution in [3.8, 4) is 0 Å². The fourth-order valence-corrected chi connectivity index (χ4v) is 3.09. The minimum atomic E-state index is 0.530. The van der Waals surface area contributed by atoms with E-state index < -0.39 is 0 Å². The van der Waals surface area contributed by atoms with Crippen molar-refractivity contribution in [3.63, 3.8) is 0 Å². The SMILES string of the molecule is CCNC(=NCCN(C(C)C)C(C)C)NCCc1nnc2ccccn12. The highest BCUT2D eigenvalue weighted by Crippen LogP contribution is 2.04. The molecule has 0 atom stereocenters. The first-order valence-electron chi connectivity index (χ1n) is 9.59. The summed E-state index contributed by atoms with van der Waals surface area (Å²) in [5.74, 6) is 1.81. The minimum absolute atomic E-state index is 0.530. The van der Waals surface area contributed by atoms with Gasteiger partial charge in [0.2, 0.25) is 0 Å². The molecular formula is C19H33N7. The van der Waals surface area contributed by atoms with E-state index in [2.05, 4.69) is 60.3 Å². The molecule has 0 unspecified atom stereocenters. The van der Waals surface area contributed by atoms with Crippen LogP contribution in [-0.2, 0) is 6.42 Å². The largest absolute Gasteiger partial charge is 0.357 e. The van der Waals surface area contributed by atoms with Crippen LogP contribution in [0.2, 0.25) is 0 Å². The molecule has 0 aromatic carbocycles. The summed E-state index contributed by atoms with van der Waals surface area (Å²) in [7, 11) is 0. The molecule has 2 N–H and O–H groups in total. The Bertz CT molecular complexity index is 682. The van der Waals surface area contributed by atoms with Crippen LogP contribution in [-0.4, -0.2) is 63.7 Å². The average molecular weight is 360 g/mol. The van der Waals surface area contributed by atoms with Gasteiger partial charge in [-0.05, 0) is 46.8 Å². The lowest BCUT2D eigenvalue weighted by atomic mass is 10.2. The normalized spacial score (nSPS) is 12.5. The van der Waals surface area contributed by atoms with Crippen LogP contribution in [0.4, 0.5) is 0 Å². The molecule has 0 spiro atoms. The predicted octanol–water partition coefficient (Wildman–Crippen LogP) is 1.95. The van der Waals surface area contributed by atoms with Crippen LogP contribution in [0.25, 0.3) is 5.65 Å². The molecule has 2 aromatic heterocycles. The molecule has 0 saturated heterocycles. The van der Waals surface area contributed by atoms with Gasteiger partial charge >= 0.3 is 0 Å². The van der Waals surface area contributed by atoms with Crippen molar-refractivity contribution in [3.05, 3.63) is 30.2 Å². The second-order valence-electron chi connectivity index (χ2n) is 6.91. The molecule has 0 aliphatic rings. The van der Waals surface area contributed by atoms with Gasteiger partial charge in [0.25, 0.3) is 0 Å². The molecule has 7 heteroatoms. The molecular weight excluding hydrogens is 326 g/mol. The summed E-state index contributed by atoms with van der Waals surface area (Å²) < 4.78 is 2.02. The van der Waals surface area contributed by atoms with Crippen molar-refractivity contribution in [1.29, 1.82) is 0 Å². The first-order valence-corrected chi connectivity index (χ1v) is 9.59. The first-order chi connectivity index (χ1) is 12.5. The third kappa shape index (κ3) is 5.69. The van der Waals surface area contributed by atoms with Crippen molar-refractivity contribution in [2.24, 2.45) is 4.99 Å². The van der Waals surface area contributed by atoms with Crippen molar-refractivity contribution >= 4 is 11.6 Å². The molecule has 0 amide bonds. The molecule has 0 aliphatic heterocycles. The molecule has 7 nitrogen and oxygen atoms in total. The van der Waals surface area contributed by atoms with Gasteiger partial charge in [0, 0.05) is 44.3 Å². The van der Waals surface area contributed by atoms with E-state index >= 15 is 0 Å². The number of nitrogens with zero attached hydrogens (tertiary/aromatic N) is 5. The highest BCUT2D eigenvalue weighted by atomic mass is 15.2. The van der Waals surface area contributed by atoms with Crippen LogP contribution in [0, 0.1) is 0 Å². The number of guanidine groups is 1. The van der Waals surface area contributed by atoms with Gasteiger partial charge in [-0.25, -0.2) is 0 Å². The van der Waals surface area contributed by atoms with E-state index in [1.54, 1.807) is 0 Å². The van der Waals surface area contributed by atoms with E-state index in [-0.39, 0.29) is 0 Å². The molecule has 0 saturated carbocycles. The van der Waals surface area contributed by atoms with E-state index in [4.69, 9.17) is 4.99 Å². The number of hydrogen-bond acceptors (Lipinski definition) is 4. The minimum Gasteiger partial charge on any atom is -0.357 e. The number of rotatable bonds is 9. The standard InChI is InChI=1S/C19H33N7/c1-6-20-19(22-12-14-25(15(2)3)16(4)5)21-11-10-18-24-23-17-9-7-8-13-26(17)18/h7-9,13,15-16H,6,10-12,14H2,1-5H3,(H2,20,21,22). The number of aromatic nitrogens is 3. The number of nitrogens with one attached hydrogen (secondary N) is 2. The van der Waals surface area contributed by atoms with E-state index in [0.29, 0.717) is 12.1 Å². The van der Waals surface area contributed by atoms with Crippen molar-refractivity contribution in [2.45, 2.75) is 53.1 Å². The summed E-state index contributed by atoms with van der Waals surface area (Å²) in [6.07, 6.45) is 2.79. The molecule has 0 bridgehead atoms. The van der Waals surface area contributed by atoms with E-state index in [0.717, 1.165) is 50.0 Å². The summed E-state index contributed by atoms with van der Waals surface area (Å²) in [4.78, 5) is 7.16. The maximum atomic E-state index is 4.71. The van der Waals surface area contributed by atoms with E-state index in [9.17, 15) is 0 Å². The maximum Gasteiger partial charge on any atom is 0.191 e. The topological polar surface area (TPSA) is 69.8 Å². The Hall–Kier alpha value is -2.15. The Kier molecular flexibility index (Phi) is 7.84. The van der Waals surface area contributed by atoms with Crippen LogP contribution in [0.3, 0.4) is 0 Å². The zero-order valence-corrected chi connectivity index (χ0v) is 16.7. The Morgan fingerprint density at radius 3 is 2.62 bits per heavy atom. The third-order valence-electron chi connectivity index (χ3n) is 4.32. The third-order valence-corrected chi connectivity index (χ3v) is 4.32. The van der Waals surface area contributed by atoms with E-state index in [1.807, 2.05) is 28.8 Å². The molecule has 0 fully saturated rings. The molecule has 144 valence electrons. The molecule has 0 radical (unpaired) electrons. The molecule has 2 aromatic rings. The first kappa shape index (κ1) is 20.2. The fraction of sp³-hybridized carbons (Fsp3) is 0.632.